The summed E-state index contributed by atoms with van der Waals surface area (Å²) in [7, 11) is 1.50. The van der Waals surface area contributed by atoms with Crippen molar-refractivity contribution in [3.05, 3.63) is 102 Å². The Morgan fingerprint density at radius 1 is 0.976 bits per heavy atom. The van der Waals surface area contributed by atoms with E-state index in [1.165, 1.54) is 24.1 Å². The van der Waals surface area contributed by atoms with Gasteiger partial charge in [-0.3, -0.25) is 9.59 Å². The van der Waals surface area contributed by atoms with Crippen LogP contribution in [0.2, 0.25) is 0 Å². The average molecular weight is 569 g/mol. The van der Waals surface area contributed by atoms with E-state index in [0.717, 1.165) is 16.7 Å². The van der Waals surface area contributed by atoms with Crippen LogP contribution < -0.4 is 15.4 Å². The third-order valence-electron chi connectivity index (χ3n) is 6.94. The van der Waals surface area contributed by atoms with E-state index in [0.29, 0.717) is 34.3 Å². The molecule has 3 heterocycles. The predicted octanol–water partition coefficient (Wildman–Crippen LogP) is 5.26. The number of methoxy groups -OCH3 is 1. The van der Waals surface area contributed by atoms with E-state index in [9.17, 15) is 18.4 Å². The summed E-state index contributed by atoms with van der Waals surface area (Å²) in [5, 5.41) is 10.5. The minimum Gasteiger partial charge on any atom is -0.495 e. The van der Waals surface area contributed by atoms with Crippen LogP contribution in [0.15, 0.2) is 85.1 Å². The topological polar surface area (TPSA) is 101 Å². The van der Waals surface area contributed by atoms with Gasteiger partial charge in [-0.2, -0.15) is 4.98 Å². The Morgan fingerprint density at radius 3 is 2.45 bits per heavy atom. The van der Waals surface area contributed by atoms with Crippen LogP contribution in [0.3, 0.4) is 0 Å². The highest BCUT2D eigenvalue weighted by atomic mass is 19.1. The van der Waals surface area contributed by atoms with Gasteiger partial charge in [-0.15, -0.1) is 5.10 Å². The number of alkyl halides is 1. The van der Waals surface area contributed by atoms with Gasteiger partial charge >= 0.3 is 0 Å². The molecule has 2 amide bonds. The Bertz CT molecular complexity index is 1770. The number of likely N-dealkylation sites (tertiary alicyclic amines) is 1. The molecule has 0 bridgehead atoms. The summed E-state index contributed by atoms with van der Waals surface area (Å²) >= 11 is 0. The first-order valence-corrected chi connectivity index (χ1v) is 13.2. The SMILES string of the molecule is COc1cc(C(=O)N2CC(F)C2)ccc1Nc1nc2cc(-c3ccc(NC(=O)Cc4ccc(F)cc4)cc3)ccn2n1. The van der Waals surface area contributed by atoms with Crippen molar-refractivity contribution in [1.82, 2.24) is 19.5 Å². The number of ether oxygens (including phenoxy) is 1. The molecule has 1 saturated heterocycles. The number of benzene rings is 3. The summed E-state index contributed by atoms with van der Waals surface area (Å²) in [6, 6.07) is 22.1. The lowest BCUT2D eigenvalue weighted by Gasteiger charge is -2.34. The van der Waals surface area contributed by atoms with Crippen LogP contribution in [-0.2, 0) is 11.2 Å². The molecule has 212 valence electrons. The molecule has 0 spiro atoms. The van der Waals surface area contributed by atoms with Gasteiger partial charge < -0.3 is 20.3 Å². The molecule has 0 radical (unpaired) electrons. The molecule has 1 fully saturated rings. The van der Waals surface area contributed by atoms with Crippen molar-refractivity contribution in [3.63, 3.8) is 0 Å². The van der Waals surface area contributed by atoms with Gasteiger partial charge in [0.1, 0.15) is 17.7 Å². The van der Waals surface area contributed by atoms with Gasteiger partial charge in [-0.25, -0.2) is 13.3 Å². The number of carbonyl (C=O) groups excluding carboxylic acids is 2. The maximum atomic E-state index is 13.2. The molecule has 0 unspecified atom stereocenters. The lowest BCUT2D eigenvalue weighted by molar-refractivity contribution is -0.115. The molecule has 6 rings (SSSR count). The van der Waals surface area contributed by atoms with E-state index in [1.807, 2.05) is 36.4 Å². The van der Waals surface area contributed by atoms with E-state index < -0.39 is 6.17 Å². The molecular formula is C31H26F2N6O3. The molecule has 42 heavy (non-hydrogen) atoms. The smallest absolute Gasteiger partial charge is 0.254 e. The summed E-state index contributed by atoms with van der Waals surface area (Å²) < 4.78 is 33.4. The van der Waals surface area contributed by atoms with Crippen molar-refractivity contribution in [2.45, 2.75) is 12.6 Å². The van der Waals surface area contributed by atoms with Gasteiger partial charge in [-0.05, 0) is 71.3 Å². The monoisotopic (exact) mass is 568 g/mol. The highest BCUT2D eigenvalue weighted by Gasteiger charge is 2.31. The quantitative estimate of drug-likeness (QED) is 0.265. The first-order chi connectivity index (χ1) is 20.3. The van der Waals surface area contributed by atoms with E-state index in [4.69, 9.17) is 4.74 Å². The van der Waals surface area contributed by atoms with E-state index in [-0.39, 0.29) is 37.1 Å². The molecule has 1 aliphatic heterocycles. The highest BCUT2D eigenvalue weighted by molar-refractivity contribution is 5.96. The van der Waals surface area contributed by atoms with Crippen molar-refractivity contribution >= 4 is 34.8 Å². The maximum Gasteiger partial charge on any atom is 0.254 e. The van der Waals surface area contributed by atoms with Gasteiger partial charge in [0.2, 0.25) is 11.9 Å². The molecule has 0 saturated carbocycles. The number of rotatable bonds is 8. The van der Waals surface area contributed by atoms with Crippen LogP contribution in [0.1, 0.15) is 15.9 Å². The van der Waals surface area contributed by atoms with Gasteiger partial charge in [0.25, 0.3) is 5.91 Å². The summed E-state index contributed by atoms with van der Waals surface area (Å²) in [5.74, 6) is -0.00149. The van der Waals surface area contributed by atoms with Crippen molar-refractivity contribution in [3.8, 4) is 16.9 Å². The van der Waals surface area contributed by atoms with Crippen molar-refractivity contribution < 1.29 is 23.1 Å². The Kier molecular flexibility index (Phi) is 7.22. The molecule has 2 N–H and O–H groups in total. The Labute approximate surface area is 239 Å². The minimum absolute atomic E-state index is 0.105. The van der Waals surface area contributed by atoms with E-state index >= 15 is 0 Å². The maximum absolute atomic E-state index is 13.2. The van der Waals surface area contributed by atoms with Gasteiger partial charge in [-0.1, -0.05) is 24.3 Å². The Balaban J connectivity index is 1.13. The number of aromatic nitrogens is 3. The van der Waals surface area contributed by atoms with Crippen molar-refractivity contribution in [1.29, 1.82) is 0 Å². The molecule has 3 aromatic carbocycles. The standard InChI is InChI=1S/C31H26F2N6O3/c1-42-27-15-22(30(41)38-17-24(33)18-38)6-11-26(27)35-31-36-28-16-21(12-13-39(28)37-31)20-4-9-25(10-5-20)34-29(40)14-19-2-7-23(32)8-3-19/h2-13,15-16,24H,14,17-18H2,1H3,(H,34,40)(H,35,37). The van der Waals surface area contributed by atoms with Crippen molar-refractivity contribution in [2.75, 3.05) is 30.8 Å². The largest absolute Gasteiger partial charge is 0.495 e. The molecule has 1 aliphatic rings. The number of anilines is 3. The second-order valence-electron chi connectivity index (χ2n) is 9.93. The number of amides is 2. The van der Waals surface area contributed by atoms with E-state index in [2.05, 4.69) is 20.7 Å². The average Bonchev–Trinajstić information content (AvgIpc) is 3.38. The fourth-order valence-corrected chi connectivity index (χ4v) is 4.67. The number of nitrogens with one attached hydrogen (secondary N) is 2. The van der Waals surface area contributed by atoms with Gasteiger partial charge in [0.05, 0.1) is 32.3 Å². The fourth-order valence-electron chi connectivity index (χ4n) is 4.67. The summed E-state index contributed by atoms with van der Waals surface area (Å²) in [5.41, 5.74) is 4.81. The van der Waals surface area contributed by atoms with Crippen LogP contribution in [0.4, 0.5) is 26.1 Å². The number of halogens is 2. The van der Waals surface area contributed by atoms with Gasteiger partial charge in [0, 0.05) is 17.4 Å². The lowest BCUT2D eigenvalue weighted by Crippen LogP contribution is -2.51. The zero-order valence-electron chi connectivity index (χ0n) is 22.6. The molecule has 9 nitrogen and oxygen atoms in total. The van der Waals surface area contributed by atoms with Crippen LogP contribution >= 0.6 is 0 Å². The number of fused-ring (bicyclic) bond motifs is 1. The van der Waals surface area contributed by atoms with Crippen LogP contribution in [0, 0.1) is 5.82 Å². The normalized spacial score (nSPS) is 13.1. The van der Waals surface area contributed by atoms with Crippen molar-refractivity contribution in [2.24, 2.45) is 0 Å². The second kappa shape index (κ2) is 11.3. The molecule has 5 aromatic rings. The number of hydrogen-bond donors (Lipinski definition) is 2. The fraction of sp³-hybridized carbons (Fsp3) is 0.161. The number of pyridine rings is 1. The van der Waals surface area contributed by atoms with Gasteiger partial charge in [0.15, 0.2) is 5.65 Å². The summed E-state index contributed by atoms with van der Waals surface area (Å²) in [6.45, 7) is 0.210. The minimum atomic E-state index is -0.967. The number of carbonyl (C=O) groups is 2. The van der Waals surface area contributed by atoms with Crippen LogP contribution in [-0.4, -0.2) is 57.7 Å². The lowest BCUT2D eigenvalue weighted by atomic mass is 10.1. The first-order valence-electron chi connectivity index (χ1n) is 13.2. The molecule has 11 heteroatoms. The molecular weight excluding hydrogens is 542 g/mol. The Hall–Kier alpha value is -5.32. The van der Waals surface area contributed by atoms with E-state index in [1.54, 1.807) is 41.0 Å². The van der Waals surface area contributed by atoms with Crippen LogP contribution in [0.5, 0.6) is 5.75 Å². The zero-order valence-corrected chi connectivity index (χ0v) is 22.6. The molecule has 0 aliphatic carbocycles. The third kappa shape index (κ3) is 5.75. The summed E-state index contributed by atoms with van der Waals surface area (Å²) in [6.07, 6.45) is 0.978. The second-order valence-corrected chi connectivity index (χ2v) is 9.93. The number of nitrogens with zero attached hydrogens (tertiary/aromatic N) is 4. The molecule has 0 atom stereocenters. The third-order valence-corrected chi connectivity index (χ3v) is 6.94. The zero-order chi connectivity index (χ0) is 29.2. The highest BCUT2D eigenvalue weighted by Crippen LogP contribution is 2.30. The summed E-state index contributed by atoms with van der Waals surface area (Å²) in [4.78, 5) is 30.9. The number of hydrogen-bond acceptors (Lipinski definition) is 6. The first kappa shape index (κ1) is 26.9. The predicted molar refractivity (Wildman–Crippen MR) is 154 cm³/mol. The van der Waals surface area contributed by atoms with Crippen LogP contribution in [0.25, 0.3) is 16.8 Å². The molecule has 2 aromatic heterocycles. The Morgan fingerprint density at radius 2 is 1.74 bits per heavy atom.